The molecule has 2 nitrogen and oxygen atoms in total. The van der Waals surface area contributed by atoms with Crippen LogP contribution in [0.15, 0.2) is 18.2 Å². The first-order chi connectivity index (χ1) is 5.27. The van der Waals surface area contributed by atoms with Crippen LogP contribution in [-0.2, 0) is 0 Å². The third-order valence-corrected chi connectivity index (χ3v) is 1.41. The van der Waals surface area contributed by atoms with E-state index in [1.807, 2.05) is 0 Å². The van der Waals surface area contributed by atoms with E-state index < -0.39 is 0 Å². The lowest BCUT2D eigenvalue weighted by Crippen LogP contribution is -1.91. The molecule has 0 spiro atoms. The number of ether oxygens (including phenoxy) is 1. The molecule has 1 rings (SSSR count). The number of hydrogen-bond donors (Lipinski definition) is 1. The molecule has 11 heavy (non-hydrogen) atoms. The monoisotopic (exact) mass is 147 g/mol. The zero-order chi connectivity index (χ0) is 8.27. The molecule has 0 bridgehead atoms. The SMILES string of the molecule is C#Cc1ccc(OC)cc1N. The molecule has 0 amide bonds. The largest absolute Gasteiger partial charge is 0.497 e. The van der Waals surface area contributed by atoms with Crippen LogP contribution >= 0.6 is 0 Å². The van der Waals surface area contributed by atoms with E-state index in [9.17, 15) is 0 Å². The Hall–Kier alpha value is -1.62. The van der Waals surface area contributed by atoms with Gasteiger partial charge in [0.2, 0.25) is 0 Å². The average molecular weight is 147 g/mol. The molecule has 0 radical (unpaired) electrons. The van der Waals surface area contributed by atoms with Crippen molar-refractivity contribution in [3.05, 3.63) is 23.8 Å². The van der Waals surface area contributed by atoms with Crippen molar-refractivity contribution in [2.24, 2.45) is 0 Å². The normalized spacial score (nSPS) is 8.73. The van der Waals surface area contributed by atoms with Crippen molar-refractivity contribution < 1.29 is 4.74 Å². The first kappa shape index (κ1) is 7.49. The average Bonchev–Trinajstić information content (AvgIpc) is 2.04. The van der Waals surface area contributed by atoms with Crippen LogP contribution in [0.2, 0.25) is 0 Å². The molecular formula is C9H9NO. The highest BCUT2D eigenvalue weighted by molar-refractivity contribution is 5.58. The Kier molecular flexibility index (Phi) is 2.03. The summed E-state index contributed by atoms with van der Waals surface area (Å²) in [4.78, 5) is 0. The Balaban J connectivity index is 3.12. The van der Waals surface area contributed by atoms with E-state index >= 15 is 0 Å². The van der Waals surface area contributed by atoms with Crippen LogP contribution in [-0.4, -0.2) is 7.11 Å². The molecule has 0 fully saturated rings. The predicted octanol–water partition coefficient (Wildman–Crippen LogP) is 1.26. The van der Waals surface area contributed by atoms with Gasteiger partial charge < -0.3 is 10.5 Å². The van der Waals surface area contributed by atoms with Crippen LogP contribution in [0.3, 0.4) is 0 Å². The van der Waals surface area contributed by atoms with E-state index in [-0.39, 0.29) is 0 Å². The van der Waals surface area contributed by atoms with E-state index in [4.69, 9.17) is 16.9 Å². The summed E-state index contributed by atoms with van der Waals surface area (Å²) in [5.74, 6) is 3.19. The number of hydrogen-bond acceptors (Lipinski definition) is 2. The van der Waals surface area contributed by atoms with Gasteiger partial charge in [-0.1, -0.05) is 5.92 Å². The van der Waals surface area contributed by atoms with E-state index in [2.05, 4.69) is 5.92 Å². The Morgan fingerprint density at radius 2 is 2.27 bits per heavy atom. The van der Waals surface area contributed by atoms with Gasteiger partial charge in [0.05, 0.1) is 12.8 Å². The Labute approximate surface area is 66.0 Å². The molecule has 0 aliphatic carbocycles. The quantitative estimate of drug-likeness (QED) is 0.479. The van der Waals surface area contributed by atoms with Crippen molar-refractivity contribution in [3.8, 4) is 18.1 Å². The van der Waals surface area contributed by atoms with Crippen molar-refractivity contribution >= 4 is 5.69 Å². The summed E-state index contributed by atoms with van der Waals surface area (Å²) in [6.07, 6.45) is 5.17. The van der Waals surface area contributed by atoms with Crippen LogP contribution < -0.4 is 10.5 Å². The Morgan fingerprint density at radius 3 is 2.73 bits per heavy atom. The number of nitrogens with two attached hydrogens (primary N) is 1. The van der Waals surface area contributed by atoms with Crippen molar-refractivity contribution in [1.82, 2.24) is 0 Å². The maximum absolute atomic E-state index is 5.58. The van der Waals surface area contributed by atoms with Crippen molar-refractivity contribution in [1.29, 1.82) is 0 Å². The molecular weight excluding hydrogens is 138 g/mol. The maximum Gasteiger partial charge on any atom is 0.121 e. The van der Waals surface area contributed by atoms with Gasteiger partial charge in [0.15, 0.2) is 0 Å². The van der Waals surface area contributed by atoms with Gasteiger partial charge in [-0.05, 0) is 12.1 Å². The predicted molar refractivity (Wildman–Crippen MR) is 45.3 cm³/mol. The van der Waals surface area contributed by atoms with Crippen LogP contribution in [0.1, 0.15) is 5.56 Å². The third-order valence-electron chi connectivity index (χ3n) is 1.41. The number of methoxy groups -OCH3 is 1. The van der Waals surface area contributed by atoms with Crippen LogP contribution in [0.25, 0.3) is 0 Å². The molecule has 0 aliphatic heterocycles. The zero-order valence-electron chi connectivity index (χ0n) is 6.29. The van der Waals surface area contributed by atoms with Crippen LogP contribution in [0, 0.1) is 12.3 Å². The second-order valence-corrected chi connectivity index (χ2v) is 2.10. The zero-order valence-corrected chi connectivity index (χ0v) is 6.29. The summed E-state index contributed by atoms with van der Waals surface area (Å²) in [7, 11) is 1.59. The first-order valence-electron chi connectivity index (χ1n) is 3.18. The van der Waals surface area contributed by atoms with Gasteiger partial charge in [0.1, 0.15) is 5.75 Å². The molecule has 0 atom stereocenters. The van der Waals surface area contributed by atoms with Gasteiger partial charge in [-0.15, -0.1) is 6.42 Å². The van der Waals surface area contributed by atoms with Gasteiger partial charge in [-0.3, -0.25) is 0 Å². The summed E-state index contributed by atoms with van der Waals surface area (Å²) in [6, 6.07) is 5.24. The summed E-state index contributed by atoms with van der Waals surface area (Å²) in [5, 5.41) is 0. The molecule has 0 saturated carbocycles. The van der Waals surface area contributed by atoms with Gasteiger partial charge in [-0.2, -0.15) is 0 Å². The fraction of sp³-hybridized carbons (Fsp3) is 0.111. The summed E-state index contributed by atoms with van der Waals surface area (Å²) in [5.41, 5.74) is 6.86. The molecule has 0 saturated heterocycles. The highest BCUT2D eigenvalue weighted by atomic mass is 16.5. The highest BCUT2D eigenvalue weighted by Gasteiger charge is 1.96. The van der Waals surface area contributed by atoms with Crippen molar-refractivity contribution in [2.45, 2.75) is 0 Å². The molecule has 2 N–H and O–H groups in total. The molecule has 1 aromatic rings. The van der Waals surface area contributed by atoms with Crippen LogP contribution in [0.5, 0.6) is 5.75 Å². The molecule has 1 aromatic carbocycles. The Bertz CT molecular complexity index is 299. The second kappa shape index (κ2) is 2.98. The van der Waals surface area contributed by atoms with E-state index in [0.29, 0.717) is 11.3 Å². The van der Waals surface area contributed by atoms with Crippen LogP contribution in [0.4, 0.5) is 5.69 Å². The smallest absolute Gasteiger partial charge is 0.121 e. The minimum absolute atomic E-state index is 0.576. The number of rotatable bonds is 1. The molecule has 0 unspecified atom stereocenters. The molecule has 56 valence electrons. The number of nitrogen functional groups attached to an aromatic ring is 1. The fourth-order valence-corrected chi connectivity index (χ4v) is 0.799. The highest BCUT2D eigenvalue weighted by Crippen LogP contribution is 2.18. The van der Waals surface area contributed by atoms with Gasteiger partial charge in [0.25, 0.3) is 0 Å². The van der Waals surface area contributed by atoms with Gasteiger partial charge in [-0.25, -0.2) is 0 Å². The summed E-state index contributed by atoms with van der Waals surface area (Å²) >= 11 is 0. The maximum atomic E-state index is 5.58. The van der Waals surface area contributed by atoms with Gasteiger partial charge in [0, 0.05) is 11.6 Å². The molecule has 0 heterocycles. The standard InChI is InChI=1S/C9H9NO/c1-3-7-4-5-8(11-2)6-9(7)10/h1,4-6H,10H2,2H3. The third kappa shape index (κ3) is 1.44. The number of terminal acetylenes is 1. The minimum atomic E-state index is 0.576. The second-order valence-electron chi connectivity index (χ2n) is 2.10. The van der Waals surface area contributed by atoms with Crippen molar-refractivity contribution in [2.75, 3.05) is 12.8 Å². The molecule has 2 heteroatoms. The lowest BCUT2D eigenvalue weighted by atomic mass is 10.2. The summed E-state index contributed by atoms with van der Waals surface area (Å²) < 4.78 is 4.95. The topological polar surface area (TPSA) is 35.2 Å². The number of benzene rings is 1. The molecule has 0 aliphatic rings. The number of anilines is 1. The summed E-state index contributed by atoms with van der Waals surface area (Å²) in [6.45, 7) is 0. The van der Waals surface area contributed by atoms with E-state index in [0.717, 1.165) is 5.75 Å². The lowest BCUT2D eigenvalue weighted by Gasteiger charge is -2.01. The molecule has 0 aromatic heterocycles. The first-order valence-corrected chi connectivity index (χ1v) is 3.18. The fourth-order valence-electron chi connectivity index (χ4n) is 0.799. The van der Waals surface area contributed by atoms with Gasteiger partial charge >= 0.3 is 0 Å². The lowest BCUT2D eigenvalue weighted by molar-refractivity contribution is 0.415. The van der Waals surface area contributed by atoms with Crippen molar-refractivity contribution in [3.63, 3.8) is 0 Å². The minimum Gasteiger partial charge on any atom is -0.497 e. The Morgan fingerprint density at radius 1 is 1.55 bits per heavy atom. The van der Waals surface area contributed by atoms with E-state index in [1.54, 1.807) is 25.3 Å². The van der Waals surface area contributed by atoms with E-state index in [1.165, 1.54) is 0 Å².